The van der Waals surface area contributed by atoms with Crippen LogP contribution in [0.1, 0.15) is 12.8 Å². The Kier molecular flexibility index (Phi) is 2.89. The highest BCUT2D eigenvalue weighted by Crippen LogP contribution is 2.26. The molecular formula is C9H15BrN2O. The highest BCUT2D eigenvalue weighted by atomic mass is 79.9. The van der Waals surface area contributed by atoms with E-state index in [1.165, 1.54) is 6.42 Å². The average Bonchev–Trinajstić information content (AvgIpc) is 2.50. The van der Waals surface area contributed by atoms with Gasteiger partial charge in [0, 0.05) is 24.5 Å². The van der Waals surface area contributed by atoms with Crippen LogP contribution in [0.4, 0.5) is 0 Å². The highest BCUT2D eigenvalue weighted by molar-refractivity contribution is 9.09. The van der Waals surface area contributed by atoms with Gasteiger partial charge < -0.3 is 5.32 Å². The number of fused-ring (bicyclic) bond motifs is 1. The van der Waals surface area contributed by atoms with Crippen LogP contribution in [0.3, 0.4) is 0 Å². The molecule has 0 aromatic carbocycles. The third-order valence-electron chi connectivity index (χ3n) is 3.09. The van der Waals surface area contributed by atoms with Crippen LogP contribution in [0.25, 0.3) is 0 Å². The van der Waals surface area contributed by atoms with Gasteiger partial charge in [-0.15, -0.1) is 0 Å². The summed E-state index contributed by atoms with van der Waals surface area (Å²) in [5, 5.41) is 3.96. The van der Waals surface area contributed by atoms with Gasteiger partial charge in [-0.05, 0) is 19.4 Å². The number of carbonyl (C=O) groups excluding carboxylic acids is 1. The maximum absolute atomic E-state index is 11.4. The molecule has 2 atom stereocenters. The minimum atomic E-state index is 0.268. The molecule has 74 valence electrons. The minimum Gasteiger partial charge on any atom is -0.354 e. The van der Waals surface area contributed by atoms with E-state index in [9.17, 15) is 4.79 Å². The molecule has 13 heavy (non-hydrogen) atoms. The molecule has 1 N–H and O–H groups in total. The summed E-state index contributed by atoms with van der Waals surface area (Å²) >= 11 is 3.45. The smallest absolute Gasteiger partial charge is 0.224 e. The van der Waals surface area contributed by atoms with Crippen LogP contribution < -0.4 is 5.32 Å². The van der Waals surface area contributed by atoms with Crippen molar-refractivity contribution in [1.82, 2.24) is 10.2 Å². The number of carbonyl (C=O) groups is 1. The van der Waals surface area contributed by atoms with Crippen LogP contribution in [0.2, 0.25) is 0 Å². The van der Waals surface area contributed by atoms with Crippen molar-refractivity contribution in [2.24, 2.45) is 5.92 Å². The van der Waals surface area contributed by atoms with Crippen molar-refractivity contribution in [3.05, 3.63) is 0 Å². The molecule has 0 bridgehead atoms. The molecule has 2 rings (SSSR count). The van der Waals surface area contributed by atoms with Crippen molar-refractivity contribution in [2.75, 3.05) is 25.0 Å². The molecule has 2 fully saturated rings. The lowest BCUT2D eigenvalue weighted by molar-refractivity contribution is -0.124. The van der Waals surface area contributed by atoms with Gasteiger partial charge in [-0.25, -0.2) is 0 Å². The first kappa shape index (κ1) is 9.46. The number of piperidine rings is 1. The minimum absolute atomic E-state index is 0.268. The molecule has 0 spiro atoms. The fraction of sp³-hybridized carbons (Fsp3) is 0.889. The Balaban J connectivity index is 2.02. The predicted octanol–water partition coefficient (Wildman–Crippen LogP) is 0.592. The van der Waals surface area contributed by atoms with Gasteiger partial charge in [0.2, 0.25) is 5.91 Å². The number of nitrogens with one attached hydrogen (secondary N) is 1. The van der Waals surface area contributed by atoms with Crippen LogP contribution in [0.15, 0.2) is 0 Å². The SMILES string of the molecule is O=C1NCC2C1CCCN2CCBr. The Bertz CT molecular complexity index is 208. The Labute approximate surface area is 87.0 Å². The molecule has 0 aromatic rings. The molecule has 4 heteroatoms. The Hall–Kier alpha value is -0.0900. The number of hydrogen-bond acceptors (Lipinski definition) is 2. The van der Waals surface area contributed by atoms with Crippen LogP contribution in [-0.4, -0.2) is 41.8 Å². The number of alkyl halides is 1. The second-order valence-corrected chi connectivity index (χ2v) is 4.58. The van der Waals surface area contributed by atoms with E-state index in [4.69, 9.17) is 0 Å². The second kappa shape index (κ2) is 3.96. The molecule has 2 aliphatic rings. The first-order valence-electron chi connectivity index (χ1n) is 4.90. The lowest BCUT2D eigenvalue weighted by Gasteiger charge is -2.35. The monoisotopic (exact) mass is 246 g/mol. The number of hydrogen-bond donors (Lipinski definition) is 1. The Morgan fingerprint density at radius 2 is 2.46 bits per heavy atom. The third-order valence-corrected chi connectivity index (χ3v) is 3.44. The molecule has 0 saturated carbocycles. The summed E-state index contributed by atoms with van der Waals surface area (Å²) in [5.74, 6) is 0.539. The number of rotatable bonds is 2. The molecule has 3 nitrogen and oxygen atoms in total. The Morgan fingerprint density at radius 1 is 1.62 bits per heavy atom. The van der Waals surface area contributed by atoms with Crippen molar-refractivity contribution in [3.63, 3.8) is 0 Å². The van der Waals surface area contributed by atoms with Crippen LogP contribution in [0, 0.1) is 5.92 Å². The van der Waals surface area contributed by atoms with Gasteiger partial charge in [0.05, 0.1) is 5.92 Å². The fourth-order valence-electron chi connectivity index (χ4n) is 2.43. The van der Waals surface area contributed by atoms with E-state index in [1.807, 2.05) is 0 Å². The van der Waals surface area contributed by atoms with Crippen molar-refractivity contribution in [3.8, 4) is 0 Å². The molecule has 1 amide bonds. The Morgan fingerprint density at radius 3 is 3.23 bits per heavy atom. The predicted molar refractivity (Wildman–Crippen MR) is 54.9 cm³/mol. The maximum Gasteiger partial charge on any atom is 0.224 e. The van der Waals surface area contributed by atoms with Gasteiger partial charge in [0.15, 0.2) is 0 Å². The van der Waals surface area contributed by atoms with Crippen molar-refractivity contribution < 1.29 is 4.79 Å². The quantitative estimate of drug-likeness (QED) is 0.724. The summed E-state index contributed by atoms with van der Waals surface area (Å²) in [5.41, 5.74) is 0. The molecule has 2 saturated heterocycles. The van der Waals surface area contributed by atoms with Gasteiger partial charge in [-0.2, -0.15) is 0 Å². The van der Waals surface area contributed by atoms with E-state index in [0.717, 1.165) is 31.4 Å². The van der Waals surface area contributed by atoms with E-state index in [1.54, 1.807) is 0 Å². The van der Waals surface area contributed by atoms with E-state index in [2.05, 4.69) is 26.1 Å². The summed E-state index contributed by atoms with van der Waals surface area (Å²) in [6, 6.07) is 0.471. The zero-order valence-corrected chi connectivity index (χ0v) is 9.22. The standard InChI is InChI=1S/C9H15BrN2O/c10-3-5-12-4-1-2-7-8(12)6-11-9(7)13/h7-8H,1-6H2,(H,11,13). The van der Waals surface area contributed by atoms with Gasteiger partial charge in [-0.3, -0.25) is 9.69 Å². The van der Waals surface area contributed by atoms with Gasteiger partial charge in [0.1, 0.15) is 0 Å². The van der Waals surface area contributed by atoms with Gasteiger partial charge >= 0.3 is 0 Å². The van der Waals surface area contributed by atoms with E-state index in [0.29, 0.717) is 6.04 Å². The summed E-state index contributed by atoms with van der Waals surface area (Å²) in [6.45, 7) is 3.08. The topological polar surface area (TPSA) is 32.3 Å². The zero-order chi connectivity index (χ0) is 9.26. The first-order chi connectivity index (χ1) is 6.33. The maximum atomic E-state index is 11.4. The number of nitrogens with zero attached hydrogens (tertiary/aromatic N) is 1. The third kappa shape index (κ3) is 1.74. The van der Waals surface area contributed by atoms with Crippen LogP contribution in [-0.2, 0) is 4.79 Å². The van der Waals surface area contributed by atoms with Crippen LogP contribution >= 0.6 is 15.9 Å². The highest BCUT2D eigenvalue weighted by Gasteiger charge is 2.40. The molecule has 2 aliphatic heterocycles. The normalized spacial score (nSPS) is 34.4. The second-order valence-electron chi connectivity index (χ2n) is 3.79. The summed E-state index contributed by atoms with van der Waals surface area (Å²) < 4.78 is 0. The largest absolute Gasteiger partial charge is 0.354 e. The van der Waals surface area contributed by atoms with Crippen LogP contribution in [0.5, 0.6) is 0 Å². The molecule has 0 aliphatic carbocycles. The number of likely N-dealkylation sites (tertiary alicyclic amines) is 1. The van der Waals surface area contributed by atoms with E-state index < -0.39 is 0 Å². The van der Waals surface area contributed by atoms with E-state index in [-0.39, 0.29) is 11.8 Å². The molecule has 2 unspecified atom stereocenters. The van der Waals surface area contributed by atoms with Crippen molar-refractivity contribution >= 4 is 21.8 Å². The van der Waals surface area contributed by atoms with Gasteiger partial charge in [0.25, 0.3) is 0 Å². The first-order valence-corrected chi connectivity index (χ1v) is 6.03. The fourth-order valence-corrected chi connectivity index (χ4v) is 2.88. The average molecular weight is 247 g/mol. The summed E-state index contributed by atoms with van der Waals surface area (Å²) in [7, 11) is 0. The molecule has 0 aromatic heterocycles. The lowest BCUT2D eigenvalue weighted by Crippen LogP contribution is -2.46. The number of halogens is 1. The molecule has 0 radical (unpaired) electrons. The number of amides is 1. The summed E-state index contributed by atoms with van der Waals surface area (Å²) in [4.78, 5) is 13.8. The zero-order valence-electron chi connectivity index (χ0n) is 7.63. The molecule has 2 heterocycles. The van der Waals surface area contributed by atoms with Crippen molar-refractivity contribution in [1.29, 1.82) is 0 Å². The van der Waals surface area contributed by atoms with Crippen molar-refractivity contribution in [2.45, 2.75) is 18.9 Å². The van der Waals surface area contributed by atoms with Gasteiger partial charge in [-0.1, -0.05) is 15.9 Å². The summed E-state index contributed by atoms with van der Waals surface area (Å²) in [6.07, 6.45) is 2.25. The lowest BCUT2D eigenvalue weighted by atomic mass is 9.92. The molecular weight excluding hydrogens is 232 g/mol. The van der Waals surface area contributed by atoms with E-state index >= 15 is 0 Å².